The Balaban J connectivity index is 0.00000220. The van der Waals surface area contributed by atoms with Crippen LogP contribution in [0.3, 0.4) is 0 Å². The molecule has 0 saturated carbocycles. The van der Waals surface area contributed by atoms with E-state index < -0.39 is 12.0 Å². The quantitative estimate of drug-likeness (QED) is 0.727. The van der Waals surface area contributed by atoms with Crippen molar-refractivity contribution in [2.24, 2.45) is 5.73 Å². The summed E-state index contributed by atoms with van der Waals surface area (Å²) in [6.45, 7) is 0. The number of carboxylic acid groups (broad SMARTS) is 1. The van der Waals surface area contributed by atoms with Crippen LogP contribution >= 0.6 is 0 Å². The van der Waals surface area contributed by atoms with E-state index in [-0.39, 0.29) is 41.7 Å². The van der Waals surface area contributed by atoms with Crippen molar-refractivity contribution in [3.05, 3.63) is 54.1 Å². The van der Waals surface area contributed by atoms with Crippen LogP contribution in [0, 0.1) is 0 Å². The Hall–Kier alpha value is -1.53. The molecule has 6 heteroatoms. The van der Waals surface area contributed by atoms with Crippen LogP contribution in [0.25, 0.3) is 0 Å². The average molecular weight is 297 g/mol. The average Bonchev–Trinajstić information content (AvgIpc) is 2.43. The van der Waals surface area contributed by atoms with E-state index in [1.807, 2.05) is 0 Å². The van der Waals surface area contributed by atoms with Crippen molar-refractivity contribution in [2.75, 3.05) is 0 Å². The molecule has 0 amide bonds. The molecule has 0 aliphatic rings. The fraction of sp³-hybridized carbons (Fsp3) is 0.133. The Morgan fingerprint density at radius 3 is 2.00 bits per heavy atom. The molecular formula is C15H16NNaO4. The minimum atomic E-state index is -1.02. The number of ether oxygens (including phenoxy) is 1. The van der Waals surface area contributed by atoms with Gasteiger partial charge in [-0.2, -0.15) is 0 Å². The van der Waals surface area contributed by atoms with Gasteiger partial charge in [-0.1, -0.05) is 12.1 Å². The summed E-state index contributed by atoms with van der Waals surface area (Å²) in [7, 11) is 0. The third-order valence-electron chi connectivity index (χ3n) is 2.77. The fourth-order valence-corrected chi connectivity index (χ4v) is 1.69. The van der Waals surface area contributed by atoms with E-state index in [0.29, 0.717) is 11.5 Å². The molecule has 2 aromatic carbocycles. The van der Waals surface area contributed by atoms with Crippen molar-refractivity contribution < 1.29 is 19.7 Å². The second-order valence-corrected chi connectivity index (χ2v) is 4.39. The van der Waals surface area contributed by atoms with Crippen LogP contribution < -0.4 is 10.5 Å². The first-order chi connectivity index (χ1) is 9.54. The zero-order valence-corrected chi connectivity index (χ0v) is 10.7. The van der Waals surface area contributed by atoms with Crippen molar-refractivity contribution in [1.82, 2.24) is 0 Å². The first kappa shape index (κ1) is 17.5. The standard InChI is InChI=1S/C15H15NO4.Na.H/c16-14(15(18)19)9-10-1-5-12(6-2-10)20-13-7-3-11(17)4-8-13;;/h1-8,14,17H,9,16H2,(H,18,19);;/t14-;;/m0../s1. The number of hydrogen-bond acceptors (Lipinski definition) is 4. The van der Waals surface area contributed by atoms with Gasteiger partial charge in [0.1, 0.15) is 23.3 Å². The third-order valence-corrected chi connectivity index (χ3v) is 2.77. The molecule has 4 N–H and O–H groups in total. The van der Waals surface area contributed by atoms with Gasteiger partial charge in [0, 0.05) is 0 Å². The number of hydrogen-bond donors (Lipinski definition) is 3. The molecule has 0 fully saturated rings. The van der Waals surface area contributed by atoms with Crippen LogP contribution in [0.5, 0.6) is 17.2 Å². The van der Waals surface area contributed by atoms with Crippen LogP contribution in [0.2, 0.25) is 0 Å². The van der Waals surface area contributed by atoms with Gasteiger partial charge in [-0.05, 0) is 48.4 Å². The Morgan fingerprint density at radius 1 is 1.05 bits per heavy atom. The summed E-state index contributed by atoms with van der Waals surface area (Å²) in [6, 6.07) is 12.5. The Labute approximate surface area is 144 Å². The molecule has 0 aliphatic carbocycles. The number of aromatic hydroxyl groups is 1. The topological polar surface area (TPSA) is 92.8 Å². The molecule has 0 unspecified atom stereocenters. The molecule has 0 spiro atoms. The normalized spacial score (nSPS) is 11.3. The molecule has 0 radical (unpaired) electrons. The zero-order valence-electron chi connectivity index (χ0n) is 10.7. The van der Waals surface area contributed by atoms with E-state index >= 15 is 0 Å². The van der Waals surface area contributed by atoms with Gasteiger partial charge < -0.3 is 20.7 Å². The molecule has 0 saturated heterocycles. The number of nitrogens with two attached hydrogens (primary N) is 1. The molecule has 0 heterocycles. The van der Waals surface area contributed by atoms with Gasteiger partial charge in [0.25, 0.3) is 0 Å². The van der Waals surface area contributed by atoms with Gasteiger partial charge in [-0.3, -0.25) is 4.79 Å². The maximum atomic E-state index is 10.7. The molecule has 0 bridgehead atoms. The van der Waals surface area contributed by atoms with E-state index in [0.717, 1.165) is 5.56 Å². The maximum absolute atomic E-state index is 10.7. The fourth-order valence-electron chi connectivity index (χ4n) is 1.69. The van der Waals surface area contributed by atoms with Crippen LogP contribution in [-0.4, -0.2) is 51.8 Å². The molecule has 2 aromatic rings. The predicted octanol–water partition coefficient (Wildman–Crippen LogP) is 1.49. The van der Waals surface area contributed by atoms with Gasteiger partial charge in [-0.15, -0.1) is 0 Å². The number of phenolic OH excluding ortho intramolecular Hbond substituents is 1. The van der Waals surface area contributed by atoms with Crippen molar-refractivity contribution in [3.63, 3.8) is 0 Å². The van der Waals surface area contributed by atoms with Crippen molar-refractivity contribution in [3.8, 4) is 17.2 Å². The summed E-state index contributed by atoms with van der Waals surface area (Å²) in [5, 5.41) is 17.9. The molecule has 5 nitrogen and oxygen atoms in total. The van der Waals surface area contributed by atoms with Crippen LogP contribution in [0.1, 0.15) is 5.56 Å². The van der Waals surface area contributed by atoms with Crippen LogP contribution in [-0.2, 0) is 11.2 Å². The number of aliphatic carboxylic acids is 1. The minimum absolute atomic E-state index is 0. The second-order valence-electron chi connectivity index (χ2n) is 4.39. The second kappa shape index (κ2) is 8.05. The first-order valence-electron chi connectivity index (χ1n) is 6.09. The first-order valence-corrected chi connectivity index (χ1v) is 6.09. The third kappa shape index (κ3) is 5.40. The summed E-state index contributed by atoms with van der Waals surface area (Å²) < 4.78 is 5.58. The van der Waals surface area contributed by atoms with E-state index in [1.54, 1.807) is 36.4 Å². The number of rotatable bonds is 5. The van der Waals surface area contributed by atoms with Gasteiger partial charge in [-0.25, -0.2) is 0 Å². The van der Waals surface area contributed by atoms with Crippen LogP contribution in [0.4, 0.5) is 0 Å². The van der Waals surface area contributed by atoms with Crippen molar-refractivity contribution in [1.29, 1.82) is 0 Å². The number of benzene rings is 2. The van der Waals surface area contributed by atoms with Crippen molar-refractivity contribution in [2.45, 2.75) is 12.5 Å². The summed E-state index contributed by atoms with van der Waals surface area (Å²) in [4.78, 5) is 10.7. The molecule has 1 atom stereocenters. The molecular weight excluding hydrogens is 281 g/mol. The Morgan fingerprint density at radius 2 is 1.52 bits per heavy atom. The number of carboxylic acids is 1. The summed E-state index contributed by atoms with van der Waals surface area (Å²) in [5.41, 5.74) is 6.30. The van der Waals surface area contributed by atoms with Crippen molar-refractivity contribution >= 4 is 35.5 Å². The van der Waals surface area contributed by atoms with Gasteiger partial charge in [0.05, 0.1) is 0 Å². The van der Waals surface area contributed by atoms with Gasteiger partial charge in [0.2, 0.25) is 0 Å². The Bertz CT molecular complexity index is 584. The SMILES string of the molecule is N[C@@H](Cc1ccc(Oc2ccc(O)cc2)cc1)C(=O)O.[NaH]. The number of phenols is 1. The molecule has 106 valence electrons. The molecule has 0 aromatic heterocycles. The predicted molar refractivity (Wildman–Crippen MR) is 81.1 cm³/mol. The van der Waals surface area contributed by atoms with E-state index in [2.05, 4.69) is 0 Å². The zero-order chi connectivity index (χ0) is 14.5. The summed E-state index contributed by atoms with van der Waals surface area (Å²) in [5.74, 6) is 0.394. The van der Waals surface area contributed by atoms with E-state index in [4.69, 9.17) is 15.6 Å². The number of carbonyl (C=O) groups is 1. The molecule has 21 heavy (non-hydrogen) atoms. The van der Waals surface area contributed by atoms with E-state index in [1.165, 1.54) is 12.1 Å². The van der Waals surface area contributed by atoms with Gasteiger partial charge in [0.15, 0.2) is 0 Å². The molecule has 0 aliphatic heterocycles. The van der Waals surface area contributed by atoms with Crippen LogP contribution in [0.15, 0.2) is 48.5 Å². The summed E-state index contributed by atoms with van der Waals surface area (Å²) in [6.07, 6.45) is 0.273. The summed E-state index contributed by atoms with van der Waals surface area (Å²) >= 11 is 0. The Kier molecular flexibility index (Phi) is 6.71. The monoisotopic (exact) mass is 297 g/mol. The van der Waals surface area contributed by atoms with E-state index in [9.17, 15) is 9.90 Å². The molecule has 2 rings (SSSR count). The van der Waals surface area contributed by atoms with Gasteiger partial charge >= 0.3 is 35.5 Å².